The molecule has 3 aromatic rings. The van der Waals surface area contributed by atoms with Gasteiger partial charge in [-0.15, -0.1) is 0 Å². The lowest BCUT2D eigenvalue weighted by Crippen LogP contribution is -2.12. The second-order valence-electron chi connectivity index (χ2n) is 4.93. The zero-order chi connectivity index (χ0) is 17.3. The fraction of sp³-hybridized carbons (Fsp3) is 0.0625. The van der Waals surface area contributed by atoms with Gasteiger partial charge < -0.3 is 14.3 Å². The highest BCUT2D eigenvalue weighted by molar-refractivity contribution is 7.92. The molecule has 0 unspecified atom stereocenters. The molecule has 8 heteroatoms. The maximum Gasteiger partial charge on any atom is 0.341 e. The molecule has 0 aliphatic heterocycles. The van der Waals surface area contributed by atoms with Crippen molar-refractivity contribution in [2.45, 2.75) is 5.09 Å². The number of para-hydroxylation sites is 1. The number of benzene rings is 2. The number of anilines is 1. The Morgan fingerprint density at radius 1 is 1.17 bits per heavy atom. The molecule has 7 nitrogen and oxygen atoms in total. The molecular weight excluding hydrogens is 334 g/mol. The first-order valence-electron chi connectivity index (χ1n) is 6.83. The topological polar surface area (TPSA) is 106 Å². The van der Waals surface area contributed by atoms with Gasteiger partial charge in [-0.1, -0.05) is 18.2 Å². The first kappa shape index (κ1) is 15.9. The van der Waals surface area contributed by atoms with Crippen LogP contribution in [0.1, 0.15) is 10.4 Å². The lowest BCUT2D eigenvalue weighted by molar-refractivity contribution is 0.0597. The normalized spacial score (nSPS) is 11.4. The molecular formula is C16H13NO6S. The van der Waals surface area contributed by atoms with E-state index in [4.69, 9.17) is 4.42 Å². The van der Waals surface area contributed by atoms with E-state index in [0.717, 1.165) is 6.07 Å². The molecule has 0 atom stereocenters. The van der Waals surface area contributed by atoms with Gasteiger partial charge >= 0.3 is 5.97 Å². The number of ether oxygens (including phenoxy) is 1. The summed E-state index contributed by atoms with van der Waals surface area (Å²) in [4.78, 5) is 11.4. The van der Waals surface area contributed by atoms with Crippen LogP contribution in [0.2, 0.25) is 0 Å². The van der Waals surface area contributed by atoms with E-state index in [2.05, 4.69) is 9.46 Å². The Morgan fingerprint density at radius 3 is 2.58 bits per heavy atom. The van der Waals surface area contributed by atoms with Gasteiger partial charge in [0.2, 0.25) is 5.09 Å². The molecule has 0 saturated carbocycles. The quantitative estimate of drug-likeness (QED) is 0.703. The molecule has 0 aliphatic rings. The van der Waals surface area contributed by atoms with Gasteiger partial charge in [-0.25, -0.2) is 4.79 Å². The number of phenols is 1. The van der Waals surface area contributed by atoms with Gasteiger partial charge in [0, 0.05) is 17.5 Å². The third-order valence-corrected chi connectivity index (χ3v) is 4.56. The zero-order valence-corrected chi connectivity index (χ0v) is 13.3. The Hall–Kier alpha value is -3.00. The monoisotopic (exact) mass is 347 g/mol. The van der Waals surface area contributed by atoms with Gasteiger partial charge in [0.05, 0.1) is 12.8 Å². The highest BCUT2D eigenvalue weighted by atomic mass is 32.2. The van der Waals surface area contributed by atoms with Crippen molar-refractivity contribution in [3.05, 3.63) is 54.1 Å². The summed E-state index contributed by atoms with van der Waals surface area (Å²) < 4.78 is 36.9. The Labute approximate surface area is 137 Å². The molecule has 24 heavy (non-hydrogen) atoms. The van der Waals surface area contributed by atoms with E-state index in [0.29, 0.717) is 11.0 Å². The number of furan rings is 1. The molecule has 0 saturated heterocycles. The van der Waals surface area contributed by atoms with Gasteiger partial charge in [0.15, 0.2) is 0 Å². The molecule has 1 aromatic heterocycles. The minimum absolute atomic E-state index is 0.0656. The van der Waals surface area contributed by atoms with Crippen LogP contribution in [0.25, 0.3) is 11.0 Å². The fourth-order valence-electron chi connectivity index (χ4n) is 2.17. The molecule has 0 amide bonds. The van der Waals surface area contributed by atoms with Crippen molar-refractivity contribution in [2.24, 2.45) is 0 Å². The van der Waals surface area contributed by atoms with Crippen LogP contribution in [0.5, 0.6) is 5.75 Å². The summed E-state index contributed by atoms with van der Waals surface area (Å²) in [5.74, 6) is -1.12. The predicted octanol–water partition coefficient (Wildman–Crippen LogP) is 2.73. The highest BCUT2D eigenvalue weighted by Crippen LogP contribution is 2.27. The largest absolute Gasteiger partial charge is 0.507 e. The van der Waals surface area contributed by atoms with E-state index in [1.807, 2.05) is 0 Å². The van der Waals surface area contributed by atoms with Crippen molar-refractivity contribution >= 4 is 32.6 Å². The number of fused-ring (bicyclic) bond motifs is 1. The third kappa shape index (κ3) is 2.91. The van der Waals surface area contributed by atoms with Crippen LogP contribution in [-0.2, 0) is 14.8 Å². The van der Waals surface area contributed by atoms with Crippen LogP contribution in [0, 0.1) is 0 Å². The van der Waals surface area contributed by atoms with Gasteiger partial charge in [-0.2, -0.15) is 8.42 Å². The molecule has 0 aliphatic carbocycles. The minimum atomic E-state index is -3.97. The summed E-state index contributed by atoms with van der Waals surface area (Å²) in [7, 11) is -2.79. The number of carbonyl (C=O) groups is 1. The summed E-state index contributed by atoms with van der Waals surface area (Å²) >= 11 is 0. The predicted molar refractivity (Wildman–Crippen MR) is 86.5 cm³/mol. The maximum atomic E-state index is 12.4. The average Bonchev–Trinajstić information content (AvgIpc) is 2.99. The number of phenolic OH excluding ortho intramolecular Hbond substituents is 1. The molecule has 124 valence electrons. The highest BCUT2D eigenvalue weighted by Gasteiger charge is 2.21. The Balaban J connectivity index is 1.92. The van der Waals surface area contributed by atoms with Gasteiger partial charge in [0.25, 0.3) is 10.0 Å². The van der Waals surface area contributed by atoms with Gasteiger partial charge in [0.1, 0.15) is 16.9 Å². The summed E-state index contributed by atoms with van der Waals surface area (Å²) in [6, 6.07) is 12.0. The first-order valence-corrected chi connectivity index (χ1v) is 8.32. The van der Waals surface area contributed by atoms with E-state index < -0.39 is 21.7 Å². The molecule has 1 heterocycles. The number of sulfonamides is 1. The smallest absolute Gasteiger partial charge is 0.341 e. The van der Waals surface area contributed by atoms with Gasteiger partial charge in [-0.05, 0) is 18.2 Å². The van der Waals surface area contributed by atoms with Crippen LogP contribution in [0.15, 0.2) is 58.0 Å². The first-order chi connectivity index (χ1) is 11.4. The number of carbonyl (C=O) groups excluding carboxylic acids is 1. The summed E-state index contributed by atoms with van der Waals surface area (Å²) in [5.41, 5.74) is 0.464. The minimum Gasteiger partial charge on any atom is -0.507 e. The van der Waals surface area contributed by atoms with Crippen molar-refractivity contribution in [1.29, 1.82) is 0 Å². The standard InChI is InChI=1S/C16H13NO6S/c1-22-16(19)12-7-6-11(9-13(12)18)17-24(20,21)15-8-10-4-2-3-5-14(10)23-15/h2-9,17-18H,1H3. The number of methoxy groups -OCH3 is 1. The molecule has 0 bridgehead atoms. The average molecular weight is 347 g/mol. The molecule has 3 rings (SSSR count). The Kier molecular flexibility index (Phi) is 3.90. The molecule has 0 fully saturated rings. The second kappa shape index (κ2) is 5.89. The van der Waals surface area contributed by atoms with Gasteiger partial charge in [-0.3, -0.25) is 4.72 Å². The van der Waals surface area contributed by atoms with Crippen molar-refractivity contribution in [2.75, 3.05) is 11.8 Å². The van der Waals surface area contributed by atoms with E-state index in [-0.39, 0.29) is 16.3 Å². The Bertz CT molecular complexity index is 989. The van der Waals surface area contributed by atoms with Crippen LogP contribution < -0.4 is 4.72 Å². The van der Waals surface area contributed by atoms with Crippen molar-refractivity contribution in [1.82, 2.24) is 0 Å². The summed E-state index contributed by atoms with van der Waals surface area (Å²) in [6.45, 7) is 0. The maximum absolute atomic E-state index is 12.4. The molecule has 0 radical (unpaired) electrons. The SMILES string of the molecule is COC(=O)c1ccc(NS(=O)(=O)c2cc3ccccc3o2)cc1O. The number of esters is 1. The third-order valence-electron chi connectivity index (χ3n) is 3.32. The second-order valence-corrected chi connectivity index (χ2v) is 6.55. The lowest BCUT2D eigenvalue weighted by Gasteiger charge is -2.08. The lowest BCUT2D eigenvalue weighted by atomic mass is 10.2. The zero-order valence-electron chi connectivity index (χ0n) is 12.5. The van der Waals surface area contributed by atoms with E-state index in [1.165, 1.54) is 25.3 Å². The van der Waals surface area contributed by atoms with Crippen LogP contribution in [0.4, 0.5) is 5.69 Å². The number of rotatable bonds is 4. The van der Waals surface area contributed by atoms with Crippen LogP contribution >= 0.6 is 0 Å². The van der Waals surface area contributed by atoms with Crippen LogP contribution in [0.3, 0.4) is 0 Å². The molecule has 2 aromatic carbocycles. The van der Waals surface area contributed by atoms with E-state index >= 15 is 0 Å². The Morgan fingerprint density at radius 2 is 1.92 bits per heavy atom. The number of aromatic hydroxyl groups is 1. The van der Waals surface area contributed by atoms with Crippen molar-refractivity contribution in [3.8, 4) is 5.75 Å². The number of hydrogen-bond donors (Lipinski definition) is 2. The number of hydrogen-bond acceptors (Lipinski definition) is 6. The summed E-state index contributed by atoms with van der Waals surface area (Å²) in [5, 5.41) is 10.2. The van der Waals surface area contributed by atoms with Crippen LogP contribution in [-0.4, -0.2) is 26.6 Å². The fourth-order valence-corrected chi connectivity index (χ4v) is 3.19. The van der Waals surface area contributed by atoms with E-state index in [1.54, 1.807) is 24.3 Å². The number of nitrogens with one attached hydrogen (secondary N) is 1. The molecule has 0 spiro atoms. The van der Waals surface area contributed by atoms with Crippen molar-refractivity contribution < 1.29 is 27.5 Å². The molecule has 2 N–H and O–H groups in total. The van der Waals surface area contributed by atoms with Crippen molar-refractivity contribution in [3.63, 3.8) is 0 Å². The van der Waals surface area contributed by atoms with E-state index in [9.17, 15) is 18.3 Å². The summed E-state index contributed by atoms with van der Waals surface area (Å²) in [6.07, 6.45) is 0.